The molecule has 1 saturated carbocycles. The highest BCUT2D eigenvalue weighted by molar-refractivity contribution is 5.39. The molecular formula is C9H15N3. The first-order valence-electron chi connectivity index (χ1n) is 4.46. The number of rotatable bonds is 3. The Morgan fingerprint density at radius 3 is 2.92 bits per heavy atom. The Morgan fingerprint density at radius 2 is 2.42 bits per heavy atom. The Morgan fingerprint density at radius 1 is 1.67 bits per heavy atom. The van der Waals surface area contributed by atoms with Crippen molar-refractivity contribution in [1.82, 2.24) is 10.2 Å². The summed E-state index contributed by atoms with van der Waals surface area (Å²) in [6.45, 7) is 4.56. The van der Waals surface area contributed by atoms with Crippen molar-refractivity contribution < 1.29 is 0 Å². The van der Waals surface area contributed by atoms with E-state index in [0.717, 1.165) is 5.69 Å². The highest BCUT2D eigenvalue weighted by atomic mass is 15.1. The summed E-state index contributed by atoms with van der Waals surface area (Å²) in [4.78, 5) is 0. The lowest BCUT2D eigenvalue weighted by molar-refractivity contribution is 0.493. The van der Waals surface area contributed by atoms with Crippen LogP contribution in [-0.4, -0.2) is 16.2 Å². The van der Waals surface area contributed by atoms with Crippen molar-refractivity contribution in [3.63, 3.8) is 0 Å². The molecule has 1 aliphatic rings. The van der Waals surface area contributed by atoms with Crippen LogP contribution in [0.3, 0.4) is 0 Å². The quantitative estimate of drug-likeness (QED) is 0.719. The number of aromatic nitrogens is 2. The molecule has 1 heterocycles. The van der Waals surface area contributed by atoms with Crippen LogP contribution in [-0.2, 0) is 0 Å². The fourth-order valence-corrected chi connectivity index (χ4v) is 1.38. The average molecular weight is 165 g/mol. The number of hydrogen-bond donors (Lipinski definition) is 2. The molecule has 3 nitrogen and oxygen atoms in total. The molecule has 1 atom stereocenters. The van der Waals surface area contributed by atoms with Crippen LogP contribution >= 0.6 is 0 Å². The topological polar surface area (TPSA) is 40.7 Å². The van der Waals surface area contributed by atoms with Crippen LogP contribution in [0.2, 0.25) is 0 Å². The molecule has 0 radical (unpaired) electrons. The van der Waals surface area contributed by atoms with Gasteiger partial charge in [0.25, 0.3) is 0 Å². The summed E-state index contributed by atoms with van der Waals surface area (Å²) in [5, 5.41) is 10.1. The van der Waals surface area contributed by atoms with E-state index in [0.29, 0.717) is 11.5 Å². The maximum Gasteiger partial charge on any atom is 0.0726 e. The van der Waals surface area contributed by atoms with Crippen molar-refractivity contribution >= 4 is 5.69 Å². The molecule has 2 rings (SSSR count). The SMILES string of the molecule is CC(Nc1cn[nH]c1)C1(C)CC1. The van der Waals surface area contributed by atoms with Crippen molar-refractivity contribution in [1.29, 1.82) is 0 Å². The van der Waals surface area contributed by atoms with Crippen LogP contribution in [0.25, 0.3) is 0 Å². The zero-order valence-electron chi connectivity index (χ0n) is 7.59. The van der Waals surface area contributed by atoms with Crippen LogP contribution in [0.4, 0.5) is 5.69 Å². The van der Waals surface area contributed by atoms with E-state index in [4.69, 9.17) is 0 Å². The van der Waals surface area contributed by atoms with Crippen molar-refractivity contribution in [3.05, 3.63) is 12.4 Å². The summed E-state index contributed by atoms with van der Waals surface area (Å²) in [6, 6.07) is 0.551. The molecule has 2 N–H and O–H groups in total. The van der Waals surface area contributed by atoms with Crippen molar-refractivity contribution in [2.45, 2.75) is 32.7 Å². The van der Waals surface area contributed by atoms with Gasteiger partial charge in [0.2, 0.25) is 0 Å². The minimum absolute atomic E-state index is 0.525. The van der Waals surface area contributed by atoms with Crippen LogP contribution in [0, 0.1) is 5.41 Å². The number of aromatic amines is 1. The average Bonchev–Trinajstić information content (AvgIpc) is 2.63. The molecule has 0 spiro atoms. The van der Waals surface area contributed by atoms with Gasteiger partial charge in [0.15, 0.2) is 0 Å². The zero-order chi connectivity index (χ0) is 8.60. The summed E-state index contributed by atoms with van der Waals surface area (Å²) in [5.41, 5.74) is 1.62. The van der Waals surface area contributed by atoms with E-state index in [1.807, 2.05) is 12.4 Å². The first kappa shape index (κ1) is 7.65. The predicted molar refractivity (Wildman–Crippen MR) is 49.0 cm³/mol. The number of H-pyrrole nitrogens is 1. The third kappa shape index (κ3) is 1.31. The number of nitrogens with zero attached hydrogens (tertiary/aromatic N) is 1. The lowest BCUT2D eigenvalue weighted by atomic mass is 10.0. The molecule has 0 saturated heterocycles. The van der Waals surface area contributed by atoms with Crippen LogP contribution in [0.5, 0.6) is 0 Å². The van der Waals surface area contributed by atoms with E-state index in [1.54, 1.807) is 0 Å². The fourth-order valence-electron chi connectivity index (χ4n) is 1.38. The summed E-state index contributed by atoms with van der Waals surface area (Å²) in [7, 11) is 0. The molecule has 3 heteroatoms. The summed E-state index contributed by atoms with van der Waals surface area (Å²) in [6.07, 6.45) is 6.41. The molecule has 1 fully saturated rings. The zero-order valence-corrected chi connectivity index (χ0v) is 7.59. The van der Waals surface area contributed by atoms with Crippen molar-refractivity contribution in [2.75, 3.05) is 5.32 Å². The van der Waals surface area contributed by atoms with Gasteiger partial charge in [-0.1, -0.05) is 6.92 Å². The number of nitrogens with one attached hydrogen (secondary N) is 2. The largest absolute Gasteiger partial charge is 0.380 e. The molecule has 0 aromatic carbocycles. The van der Waals surface area contributed by atoms with Crippen molar-refractivity contribution in [2.24, 2.45) is 5.41 Å². The first-order chi connectivity index (χ1) is 5.71. The Bertz CT molecular complexity index is 249. The molecule has 0 bridgehead atoms. The molecule has 1 aromatic rings. The Kier molecular flexibility index (Phi) is 1.60. The lowest BCUT2D eigenvalue weighted by Gasteiger charge is -2.20. The van der Waals surface area contributed by atoms with Gasteiger partial charge in [0.05, 0.1) is 11.9 Å². The van der Waals surface area contributed by atoms with E-state index in [9.17, 15) is 0 Å². The van der Waals surface area contributed by atoms with Gasteiger partial charge in [-0.15, -0.1) is 0 Å². The molecule has 66 valence electrons. The van der Waals surface area contributed by atoms with Gasteiger partial charge in [-0.2, -0.15) is 5.10 Å². The maximum atomic E-state index is 3.89. The van der Waals surface area contributed by atoms with E-state index in [1.165, 1.54) is 12.8 Å². The van der Waals surface area contributed by atoms with Gasteiger partial charge in [-0.3, -0.25) is 5.10 Å². The highest BCUT2D eigenvalue weighted by Crippen LogP contribution is 2.48. The minimum Gasteiger partial charge on any atom is -0.380 e. The Hall–Kier alpha value is -0.990. The predicted octanol–water partition coefficient (Wildman–Crippen LogP) is 2.01. The molecule has 12 heavy (non-hydrogen) atoms. The van der Waals surface area contributed by atoms with E-state index in [2.05, 4.69) is 29.4 Å². The Labute approximate surface area is 72.6 Å². The molecule has 1 aromatic heterocycles. The van der Waals surface area contributed by atoms with Crippen LogP contribution < -0.4 is 5.32 Å². The second-order valence-corrected chi connectivity index (χ2v) is 4.01. The molecular weight excluding hydrogens is 150 g/mol. The summed E-state index contributed by atoms with van der Waals surface area (Å²) < 4.78 is 0. The van der Waals surface area contributed by atoms with Crippen LogP contribution in [0.15, 0.2) is 12.4 Å². The van der Waals surface area contributed by atoms with Crippen LogP contribution in [0.1, 0.15) is 26.7 Å². The van der Waals surface area contributed by atoms with Gasteiger partial charge in [0.1, 0.15) is 0 Å². The highest BCUT2D eigenvalue weighted by Gasteiger charge is 2.42. The van der Waals surface area contributed by atoms with Gasteiger partial charge in [0, 0.05) is 12.2 Å². The smallest absolute Gasteiger partial charge is 0.0726 e. The monoisotopic (exact) mass is 165 g/mol. The third-order valence-electron chi connectivity index (χ3n) is 2.97. The number of anilines is 1. The summed E-state index contributed by atoms with van der Waals surface area (Å²) >= 11 is 0. The summed E-state index contributed by atoms with van der Waals surface area (Å²) in [5.74, 6) is 0. The lowest BCUT2D eigenvalue weighted by Crippen LogP contribution is -2.24. The van der Waals surface area contributed by atoms with Gasteiger partial charge >= 0.3 is 0 Å². The standard InChI is InChI=1S/C9H15N3/c1-7(9(2)3-4-9)12-8-5-10-11-6-8/h5-7,12H,3-4H2,1-2H3,(H,10,11). The number of hydrogen-bond acceptors (Lipinski definition) is 2. The maximum absolute atomic E-state index is 3.89. The van der Waals surface area contributed by atoms with E-state index in [-0.39, 0.29) is 0 Å². The molecule has 1 unspecified atom stereocenters. The molecule has 1 aliphatic carbocycles. The van der Waals surface area contributed by atoms with E-state index >= 15 is 0 Å². The second-order valence-electron chi connectivity index (χ2n) is 4.01. The molecule has 0 aliphatic heterocycles. The van der Waals surface area contributed by atoms with Crippen molar-refractivity contribution in [3.8, 4) is 0 Å². The molecule has 0 amide bonds. The van der Waals surface area contributed by atoms with Gasteiger partial charge in [-0.05, 0) is 25.2 Å². The first-order valence-corrected chi connectivity index (χ1v) is 4.46. The van der Waals surface area contributed by atoms with E-state index < -0.39 is 0 Å². The second kappa shape index (κ2) is 2.51. The Balaban J connectivity index is 1.95. The third-order valence-corrected chi connectivity index (χ3v) is 2.97. The minimum atomic E-state index is 0.525. The normalized spacial score (nSPS) is 21.8. The fraction of sp³-hybridized carbons (Fsp3) is 0.667. The van der Waals surface area contributed by atoms with Gasteiger partial charge in [-0.25, -0.2) is 0 Å². The van der Waals surface area contributed by atoms with Gasteiger partial charge < -0.3 is 5.32 Å².